The van der Waals surface area contributed by atoms with Gasteiger partial charge in [0.25, 0.3) is 5.56 Å². The van der Waals surface area contributed by atoms with E-state index in [2.05, 4.69) is 15.3 Å². The second-order valence-corrected chi connectivity index (χ2v) is 14.4. The normalized spacial score (nSPS) is 22.2. The zero-order valence-electron chi connectivity index (χ0n) is 23.8. The lowest BCUT2D eigenvalue weighted by atomic mass is 10.00. The molecule has 2 aromatic heterocycles. The molecule has 2 N–H and O–H groups in total. The monoisotopic (exact) mass is 583 g/mol. The van der Waals surface area contributed by atoms with Gasteiger partial charge in [-0.15, -0.1) is 0 Å². The van der Waals surface area contributed by atoms with Crippen LogP contribution in [0.2, 0.25) is 0 Å². The summed E-state index contributed by atoms with van der Waals surface area (Å²) in [6.45, 7) is 7.78. The maximum Gasteiger partial charge on any atom is 0.410 e. The number of anilines is 2. The van der Waals surface area contributed by atoms with Gasteiger partial charge in [0.1, 0.15) is 11.2 Å². The lowest BCUT2D eigenvalue weighted by Crippen LogP contribution is -2.44. The first kappa shape index (κ1) is 29.0. The summed E-state index contributed by atoms with van der Waals surface area (Å²) >= 11 is 0. The zero-order valence-corrected chi connectivity index (χ0v) is 24.6. The first-order chi connectivity index (χ1) is 19.2. The van der Waals surface area contributed by atoms with E-state index < -0.39 is 32.4 Å². The van der Waals surface area contributed by atoms with Crippen LogP contribution >= 0.6 is 0 Å². The molecule has 1 amide bonds. The average molecular weight is 584 g/mol. The van der Waals surface area contributed by atoms with Gasteiger partial charge in [-0.05, 0) is 90.1 Å². The van der Waals surface area contributed by atoms with Crippen LogP contribution < -0.4 is 10.9 Å². The quantitative estimate of drug-likeness (QED) is 0.452. The molecule has 11 nitrogen and oxygen atoms in total. The fourth-order valence-corrected chi connectivity index (χ4v) is 7.39. The molecule has 2 fully saturated rings. The van der Waals surface area contributed by atoms with Crippen LogP contribution in [-0.4, -0.2) is 68.6 Å². The van der Waals surface area contributed by atoms with E-state index in [0.717, 1.165) is 6.42 Å². The van der Waals surface area contributed by atoms with Crippen molar-refractivity contribution in [2.75, 3.05) is 18.4 Å². The fourth-order valence-electron chi connectivity index (χ4n) is 5.66. The number of carbonyl (C=O) groups excluding carboxylic acids is 1. The van der Waals surface area contributed by atoms with Crippen LogP contribution in [0.5, 0.6) is 0 Å². The Morgan fingerprint density at radius 2 is 1.78 bits per heavy atom. The molecule has 0 radical (unpaired) electrons. The second-order valence-electron chi connectivity index (χ2n) is 12.1. The number of carbonyl (C=O) groups is 1. The molecule has 220 valence electrons. The zero-order chi connectivity index (χ0) is 29.6. The van der Waals surface area contributed by atoms with Gasteiger partial charge in [0.15, 0.2) is 9.84 Å². The Morgan fingerprint density at radius 1 is 1.10 bits per heavy atom. The Kier molecular flexibility index (Phi) is 7.58. The molecular weight excluding hydrogens is 546 g/mol. The van der Waals surface area contributed by atoms with Crippen molar-refractivity contribution in [3.63, 3.8) is 0 Å². The molecule has 2 unspecified atom stereocenters. The van der Waals surface area contributed by atoms with E-state index in [0.29, 0.717) is 55.5 Å². The van der Waals surface area contributed by atoms with Crippen LogP contribution in [0, 0.1) is 0 Å². The van der Waals surface area contributed by atoms with Crippen LogP contribution in [0.15, 0.2) is 52.3 Å². The van der Waals surface area contributed by atoms with Crippen molar-refractivity contribution in [1.82, 2.24) is 19.4 Å². The number of amides is 1. The molecule has 12 heteroatoms. The molecule has 2 atom stereocenters. The van der Waals surface area contributed by atoms with Gasteiger partial charge in [-0.25, -0.2) is 18.2 Å². The SMILES string of the molecule is CC(C)(C)OC(=O)N1CCC(S(=O)(=O)c2ccc(Nc3ncc4ccc(=O)n(C5CCCC5(C)O)c4n3)cc2)CC1. The van der Waals surface area contributed by atoms with E-state index in [1.54, 1.807) is 73.7 Å². The first-order valence-corrected chi connectivity index (χ1v) is 15.5. The maximum atomic E-state index is 13.3. The number of hydrogen-bond donors (Lipinski definition) is 2. The largest absolute Gasteiger partial charge is 0.444 e. The molecule has 1 aliphatic heterocycles. The highest BCUT2D eigenvalue weighted by atomic mass is 32.2. The van der Waals surface area contributed by atoms with Gasteiger partial charge >= 0.3 is 6.09 Å². The highest BCUT2D eigenvalue weighted by Gasteiger charge is 2.39. The maximum absolute atomic E-state index is 13.3. The topological polar surface area (TPSA) is 144 Å². The van der Waals surface area contributed by atoms with Crippen molar-refractivity contribution in [1.29, 1.82) is 0 Å². The van der Waals surface area contributed by atoms with Crippen LogP contribution in [0.3, 0.4) is 0 Å². The number of piperidine rings is 1. The lowest BCUT2D eigenvalue weighted by molar-refractivity contribution is 0.0216. The third-order valence-electron chi connectivity index (χ3n) is 7.83. The highest BCUT2D eigenvalue weighted by Crippen LogP contribution is 2.39. The van der Waals surface area contributed by atoms with Crippen LogP contribution in [0.4, 0.5) is 16.4 Å². The Morgan fingerprint density at radius 3 is 2.39 bits per heavy atom. The van der Waals surface area contributed by atoms with E-state index in [9.17, 15) is 23.1 Å². The van der Waals surface area contributed by atoms with Crippen molar-refractivity contribution < 1.29 is 23.1 Å². The second kappa shape index (κ2) is 10.7. The van der Waals surface area contributed by atoms with Gasteiger partial charge in [-0.3, -0.25) is 9.36 Å². The minimum Gasteiger partial charge on any atom is -0.444 e. The Balaban J connectivity index is 1.30. The first-order valence-electron chi connectivity index (χ1n) is 13.9. The third kappa shape index (κ3) is 6.08. The number of fused-ring (bicyclic) bond motifs is 1. The molecular formula is C29H37N5O6S. The molecule has 0 spiro atoms. The number of sulfone groups is 1. The molecule has 1 aliphatic carbocycles. The Bertz CT molecular complexity index is 1600. The Labute approximate surface area is 239 Å². The minimum absolute atomic E-state index is 0.204. The number of hydrogen-bond acceptors (Lipinski definition) is 9. The predicted molar refractivity (Wildman–Crippen MR) is 155 cm³/mol. The number of likely N-dealkylation sites (tertiary alicyclic amines) is 1. The van der Waals surface area contributed by atoms with Crippen LogP contribution in [0.1, 0.15) is 65.8 Å². The smallest absolute Gasteiger partial charge is 0.410 e. The van der Waals surface area contributed by atoms with Crippen molar-refractivity contribution in [3.05, 3.63) is 52.9 Å². The number of aromatic nitrogens is 3. The molecule has 3 heterocycles. The number of aliphatic hydroxyl groups is 1. The van der Waals surface area contributed by atoms with E-state index >= 15 is 0 Å². The van der Waals surface area contributed by atoms with Gasteiger partial charge in [0, 0.05) is 36.4 Å². The summed E-state index contributed by atoms with van der Waals surface area (Å²) in [5, 5.41) is 14.1. The van der Waals surface area contributed by atoms with Crippen molar-refractivity contribution in [2.24, 2.45) is 0 Å². The minimum atomic E-state index is -3.60. The third-order valence-corrected chi connectivity index (χ3v) is 10.1. The van der Waals surface area contributed by atoms with Crippen LogP contribution in [-0.2, 0) is 14.6 Å². The molecule has 2 aliphatic rings. The molecule has 1 saturated heterocycles. The van der Waals surface area contributed by atoms with Crippen molar-refractivity contribution in [3.8, 4) is 0 Å². The average Bonchev–Trinajstić information content (AvgIpc) is 3.26. The lowest BCUT2D eigenvalue weighted by Gasteiger charge is -2.33. The summed E-state index contributed by atoms with van der Waals surface area (Å²) in [5.74, 6) is 0.250. The number of pyridine rings is 1. The predicted octanol–water partition coefficient (Wildman–Crippen LogP) is 4.18. The number of benzene rings is 1. The number of nitrogens with zero attached hydrogens (tertiary/aromatic N) is 4. The molecule has 1 saturated carbocycles. The number of ether oxygens (including phenoxy) is 1. The van der Waals surface area contributed by atoms with E-state index in [-0.39, 0.29) is 22.4 Å². The van der Waals surface area contributed by atoms with Gasteiger partial charge in [-0.1, -0.05) is 0 Å². The number of nitrogens with one attached hydrogen (secondary N) is 1. The summed E-state index contributed by atoms with van der Waals surface area (Å²) in [7, 11) is -3.60. The molecule has 1 aromatic carbocycles. The summed E-state index contributed by atoms with van der Waals surface area (Å²) in [4.78, 5) is 35.9. The molecule has 5 rings (SSSR count). The van der Waals surface area contributed by atoms with E-state index in [1.165, 1.54) is 6.07 Å². The standard InChI is InChI=1S/C29H37N5O6S/c1-28(2,3)40-27(36)33-16-13-22(14-17-33)41(38,39)21-10-8-20(9-11-21)31-26-30-18-19-7-12-24(35)34(25(19)32-26)23-6-5-15-29(23,4)37/h7-12,18,22-23,37H,5-6,13-17H2,1-4H3,(H,30,31,32). The van der Waals surface area contributed by atoms with E-state index in [1.807, 2.05) is 0 Å². The van der Waals surface area contributed by atoms with Crippen molar-refractivity contribution in [2.45, 2.75) is 87.2 Å². The summed E-state index contributed by atoms with van der Waals surface area (Å²) in [6.07, 6.45) is 3.96. The summed E-state index contributed by atoms with van der Waals surface area (Å²) in [5.41, 5.74) is -0.838. The van der Waals surface area contributed by atoms with Crippen LogP contribution in [0.25, 0.3) is 11.0 Å². The van der Waals surface area contributed by atoms with Gasteiger partial charge in [-0.2, -0.15) is 4.98 Å². The molecule has 0 bridgehead atoms. The van der Waals surface area contributed by atoms with Gasteiger partial charge < -0.3 is 20.1 Å². The van der Waals surface area contributed by atoms with Gasteiger partial charge in [0.2, 0.25) is 5.95 Å². The molecule has 3 aromatic rings. The molecule has 41 heavy (non-hydrogen) atoms. The Hall–Kier alpha value is -3.51. The number of rotatable bonds is 5. The highest BCUT2D eigenvalue weighted by molar-refractivity contribution is 7.92. The summed E-state index contributed by atoms with van der Waals surface area (Å²) < 4.78 is 33.6. The summed E-state index contributed by atoms with van der Waals surface area (Å²) in [6, 6.07) is 9.14. The van der Waals surface area contributed by atoms with Crippen molar-refractivity contribution >= 4 is 38.6 Å². The fraction of sp³-hybridized carbons (Fsp3) is 0.517. The van der Waals surface area contributed by atoms with E-state index in [4.69, 9.17) is 4.74 Å². The van der Waals surface area contributed by atoms with Gasteiger partial charge in [0.05, 0.1) is 21.8 Å².